The average Bonchev–Trinajstić information content (AvgIpc) is 2.76. The Labute approximate surface area is 96.3 Å². The number of esters is 1. The summed E-state index contributed by atoms with van der Waals surface area (Å²) in [4.78, 5) is 11.4. The molecule has 1 aliphatic heterocycles. The highest BCUT2D eigenvalue weighted by molar-refractivity contribution is 5.82. The van der Waals surface area contributed by atoms with E-state index in [4.69, 9.17) is 9.47 Å². The summed E-state index contributed by atoms with van der Waals surface area (Å²) in [7, 11) is 0. The van der Waals surface area contributed by atoms with Crippen LogP contribution in [0.2, 0.25) is 0 Å². The monoisotopic (exact) mass is 225 g/mol. The fourth-order valence-electron chi connectivity index (χ4n) is 1.45. The van der Waals surface area contributed by atoms with E-state index in [-0.39, 0.29) is 12.1 Å². The molecule has 1 N–H and O–H groups in total. The number of carbonyl (C=O) groups is 1. The Morgan fingerprint density at radius 3 is 3.12 bits per heavy atom. The number of hydrogen-bond donors (Lipinski definition) is 1. The van der Waals surface area contributed by atoms with Gasteiger partial charge in [0.25, 0.3) is 0 Å². The summed E-state index contributed by atoms with van der Waals surface area (Å²) in [6, 6.07) is 0. The van der Waals surface area contributed by atoms with E-state index < -0.39 is 0 Å². The first-order valence-electron chi connectivity index (χ1n) is 5.54. The Kier molecular flexibility index (Phi) is 5.64. The topological polar surface area (TPSA) is 47.6 Å². The Balaban J connectivity index is 2.20. The van der Waals surface area contributed by atoms with Crippen LogP contribution >= 0.6 is 0 Å². The Morgan fingerprint density at radius 1 is 1.69 bits per heavy atom. The molecule has 0 amide bonds. The van der Waals surface area contributed by atoms with Crippen LogP contribution in [0, 0.1) is 0 Å². The molecule has 0 saturated carbocycles. The van der Waals surface area contributed by atoms with Crippen molar-refractivity contribution in [3.8, 4) is 0 Å². The van der Waals surface area contributed by atoms with Crippen LogP contribution < -0.4 is 5.32 Å². The van der Waals surface area contributed by atoms with Gasteiger partial charge < -0.3 is 14.8 Å². The molecule has 1 atom stereocenters. The van der Waals surface area contributed by atoms with E-state index >= 15 is 0 Å². The highest BCUT2D eigenvalue weighted by Gasteiger charge is 2.16. The summed E-state index contributed by atoms with van der Waals surface area (Å²) in [6.45, 7) is 7.16. The summed E-state index contributed by atoms with van der Waals surface area (Å²) < 4.78 is 10.4. The van der Waals surface area contributed by atoms with E-state index in [9.17, 15) is 4.79 Å². The van der Waals surface area contributed by atoms with Crippen LogP contribution in [-0.2, 0) is 14.3 Å². The first-order valence-corrected chi connectivity index (χ1v) is 5.54. The number of hydrogen-bond acceptors (Lipinski definition) is 4. The fourth-order valence-corrected chi connectivity index (χ4v) is 1.45. The molecule has 4 nitrogen and oxygen atoms in total. The lowest BCUT2D eigenvalue weighted by molar-refractivity contribution is -0.141. The molecular weight excluding hydrogens is 206 g/mol. The van der Waals surface area contributed by atoms with Crippen LogP contribution in [0.4, 0.5) is 0 Å². The third kappa shape index (κ3) is 4.98. The molecule has 16 heavy (non-hydrogen) atoms. The molecule has 90 valence electrons. The second-order valence-corrected chi connectivity index (χ2v) is 3.76. The van der Waals surface area contributed by atoms with Crippen LogP contribution in [0.1, 0.15) is 19.8 Å². The molecule has 0 bridgehead atoms. The van der Waals surface area contributed by atoms with E-state index in [0.29, 0.717) is 13.2 Å². The van der Waals surface area contributed by atoms with Gasteiger partial charge in [-0.15, -0.1) is 6.58 Å². The molecule has 0 aromatic carbocycles. The van der Waals surface area contributed by atoms with Crippen LogP contribution in [0.3, 0.4) is 0 Å². The van der Waals surface area contributed by atoms with Crippen LogP contribution in [0.5, 0.6) is 0 Å². The highest BCUT2D eigenvalue weighted by Crippen LogP contribution is 2.11. The molecule has 1 rings (SSSR count). The third-order valence-electron chi connectivity index (χ3n) is 2.30. The summed E-state index contributed by atoms with van der Waals surface area (Å²) in [6.07, 6.45) is 5.29. The Morgan fingerprint density at radius 2 is 2.50 bits per heavy atom. The van der Waals surface area contributed by atoms with Gasteiger partial charge in [0.2, 0.25) is 0 Å². The molecule has 1 fully saturated rings. The summed E-state index contributed by atoms with van der Waals surface area (Å²) >= 11 is 0. The third-order valence-corrected chi connectivity index (χ3v) is 2.30. The minimum absolute atomic E-state index is 0.0822. The lowest BCUT2D eigenvalue weighted by Gasteiger charge is -2.09. The highest BCUT2D eigenvalue weighted by atomic mass is 16.6. The summed E-state index contributed by atoms with van der Waals surface area (Å²) in [5, 5.41) is 3.00. The molecular formula is C12H19NO3. The van der Waals surface area contributed by atoms with E-state index in [1.54, 1.807) is 6.08 Å². The molecule has 0 spiro atoms. The zero-order valence-electron chi connectivity index (χ0n) is 9.70. The molecule has 1 unspecified atom stereocenters. The molecule has 0 aliphatic carbocycles. The van der Waals surface area contributed by atoms with Crippen molar-refractivity contribution in [2.24, 2.45) is 0 Å². The molecule has 4 heteroatoms. The SMILES string of the molecule is C=CCNC(C)=CC(=O)OCC1CCCO1. The van der Waals surface area contributed by atoms with Crippen molar-refractivity contribution >= 4 is 5.97 Å². The number of nitrogens with one attached hydrogen (secondary N) is 1. The van der Waals surface area contributed by atoms with Gasteiger partial charge in [-0.25, -0.2) is 4.79 Å². The van der Waals surface area contributed by atoms with Crippen molar-refractivity contribution in [3.63, 3.8) is 0 Å². The zero-order valence-corrected chi connectivity index (χ0v) is 9.70. The number of allylic oxidation sites excluding steroid dienone is 1. The van der Waals surface area contributed by atoms with E-state index in [1.165, 1.54) is 6.08 Å². The van der Waals surface area contributed by atoms with Gasteiger partial charge >= 0.3 is 5.97 Å². The van der Waals surface area contributed by atoms with Crippen LogP contribution in [0.15, 0.2) is 24.4 Å². The number of ether oxygens (including phenoxy) is 2. The van der Waals surface area contributed by atoms with Crippen molar-refractivity contribution < 1.29 is 14.3 Å². The van der Waals surface area contributed by atoms with Crippen molar-refractivity contribution in [2.75, 3.05) is 19.8 Å². The first-order chi connectivity index (χ1) is 7.72. The lowest BCUT2D eigenvalue weighted by atomic mass is 10.2. The maximum atomic E-state index is 11.4. The van der Waals surface area contributed by atoms with Crippen molar-refractivity contribution in [1.82, 2.24) is 5.32 Å². The van der Waals surface area contributed by atoms with Gasteiger partial charge in [-0.05, 0) is 19.8 Å². The summed E-state index contributed by atoms with van der Waals surface area (Å²) in [5.74, 6) is -0.329. The normalized spacial score (nSPS) is 20.6. The van der Waals surface area contributed by atoms with Crippen LogP contribution in [0.25, 0.3) is 0 Å². The molecule has 1 heterocycles. The molecule has 1 saturated heterocycles. The lowest BCUT2D eigenvalue weighted by Crippen LogP contribution is -2.18. The molecule has 0 aromatic rings. The van der Waals surface area contributed by atoms with E-state index in [2.05, 4.69) is 11.9 Å². The van der Waals surface area contributed by atoms with Gasteiger partial charge in [0.15, 0.2) is 0 Å². The zero-order chi connectivity index (χ0) is 11.8. The Hall–Kier alpha value is -1.29. The maximum Gasteiger partial charge on any atom is 0.332 e. The average molecular weight is 225 g/mol. The quantitative estimate of drug-likeness (QED) is 0.421. The molecule has 1 aliphatic rings. The number of rotatable bonds is 6. The van der Waals surface area contributed by atoms with Crippen LogP contribution in [-0.4, -0.2) is 31.8 Å². The van der Waals surface area contributed by atoms with Crippen molar-refractivity contribution in [3.05, 3.63) is 24.4 Å². The Bertz CT molecular complexity index is 267. The van der Waals surface area contributed by atoms with Gasteiger partial charge in [-0.2, -0.15) is 0 Å². The van der Waals surface area contributed by atoms with Gasteiger partial charge in [0, 0.05) is 24.9 Å². The minimum Gasteiger partial charge on any atom is -0.460 e. The molecule has 0 aromatic heterocycles. The second-order valence-electron chi connectivity index (χ2n) is 3.76. The largest absolute Gasteiger partial charge is 0.460 e. The fraction of sp³-hybridized carbons (Fsp3) is 0.583. The molecule has 0 radical (unpaired) electrons. The maximum absolute atomic E-state index is 11.4. The second kappa shape index (κ2) is 7.06. The van der Waals surface area contributed by atoms with E-state index in [0.717, 1.165) is 25.1 Å². The smallest absolute Gasteiger partial charge is 0.332 e. The van der Waals surface area contributed by atoms with Gasteiger partial charge in [0.05, 0.1) is 6.10 Å². The minimum atomic E-state index is -0.329. The predicted molar refractivity (Wildman–Crippen MR) is 61.9 cm³/mol. The predicted octanol–water partition coefficient (Wildman–Crippen LogP) is 1.39. The van der Waals surface area contributed by atoms with Gasteiger partial charge in [-0.1, -0.05) is 6.08 Å². The first kappa shape index (κ1) is 12.8. The van der Waals surface area contributed by atoms with Crippen molar-refractivity contribution in [1.29, 1.82) is 0 Å². The van der Waals surface area contributed by atoms with Gasteiger partial charge in [0.1, 0.15) is 6.61 Å². The van der Waals surface area contributed by atoms with Gasteiger partial charge in [-0.3, -0.25) is 0 Å². The number of carbonyl (C=O) groups excluding carboxylic acids is 1. The van der Waals surface area contributed by atoms with E-state index in [1.807, 2.05) is 6.92 Å². The summed E-state index contributed by atoms with van der Waals surface area (Å²) in [5.41, 5.74) is 0.775. The standard InChI is InChI=1S/C12H19NO3/c1-3-6-13-10(2)8-12(14)16-9-11-5-4-7-15-11/h3,8,11,13H,1,4-7,9H2,2H3. The van der Waals surface area contributed by atoms with Crippen molar-refractivity contribution in [2.45, 2.75) is 25.9 Å².